The number of nitrogens with one attached hydrogen (secondary N) is 2. The smallest absolute Gasteiger partial charge is 0.407 e. The quantitative estimate of drug-likeness (QED) is 0.294. The van der Waals surface area contributed by atoms with Crippen molar-refractivity contribution in [2.75, 3.05) is 25.1 Å². The van der Waals surface area contributed by atoms with Gasteiger partial charge in [0.25, 0.3) is 0 Å². The van der Waals surface area contributed by atoms with Crippen molar-refractivity contribution in [3.8, 4) is 11.5 Å². The zero-order valence-electron chi connectivity index (χ0n) is 20.8. The minimum absolute atomic E-state index is 0.00108. The van der Waals surface area contributed by atoms with Crippen LogP contribution < -0.4 is 15.4 Å². The largest absolute Gasteiger partial charge is 0.504 e. The standard InChI is InChI=1S/C24H30FN5O6/c1-6-34-22(32)17-13-27-30-9-7-19(29-21(17)30)28-14(2)16-11-15(25)12-18(31)20(16)35-10-8-26-23(33)36-24(3,4)5/h7,9,11-14,31H,6,8,10H2,1-5H3,(H,26,33)(H,28,29)/t14-/m1/s1. The van der Waals surface area contributed by atoms with Crippen LogP contribution in [0.4, 0.5) is 15.0 Å². The normalized spacial score (nSPS) is 12.2. The molecule has 36 heavy (non-hydrogen) atoms. The minimum atomic E-state index is -0.654. The van der Waals surface area contributed by atoms with Gasteiger partial charge in [0.2, 0.25) is 0 Å². The van der Waals surface area contributed by atoms with Gasteiger partial charge in [0.1, 0.15) is 29.4 Å². The molecule has 0 aliphatic heterocycles. The number of anilines is 1. The number of rotatable bonds is 9. The van der Waals surface area contributed by atoms with Gasteiger partial charge >= 0.3 is 12.1 Å². The minimum Gasteiger partial charge on any atom is -0.504 e. The van der Waals surface area contributed by atoms with E-state index in [1.807, 2.05) is 0 Å². The molecule has 2 aromatic heterocycles. The van der Waals surface area contributed by atoms with E-state index in [1.165, 1.54) is 16.8 Å². The molecule has 11 nitrogen and oxygen atoms in total. The zero-order valence-corrected chi connectivity index (χ0v) is 20.8. The Kier molecular flexibility index (Phi) is 8.18. The number of fused-ring (bicyclic) bond motifs is 1. The van der Waals surface area contributed by atoms with Gasteiger partial charge in [0, 0.05) is 17.8 Å². The van der Waals surface area contributed by atoms with E-state index in [1.54, 1.807) is 46.9 Å². The predicted octanol–water partition coefficient (Wildman–Crippen LogP) is 3.83. The molecule has 3 N–H and O–H groups in total. The Morgan fingerprint density at radius 1 is 1.28 bits per heavy atom. The average molecular weight is 504 g/mol. The molecule has 1 aromatic carbocycles. The zero-order chi connectivity index (χ0) is 26.5. The van der Waals surface area contributed by atoms with Crippen LogP contribution in [0.3, 0.4) is 0 Å². The lowest BCUT2D eigenvalue weighted by molar-refractivity contribution is 0.0513. The molecule has 0 unspecified atom stereocenters. The van der Waals surface area contributed by atoms with E-state index in [4.69, 9.17) is 14.2 Å². The lowest BCUT2D eigenvalue weighted by Gasteiger charge is -2.21. The van der Waals surface area contributed by atoms with E-state index in [0.29, 0.717) is 11.4 Å². The number of carbonyl (C=O) groups excluding carboxylic acids is 2. The molecule has 1 atom stereocenters. The molecule has 12 heteroatoms. The number of aromatic hydroxyl groups is 1. The van der Waals surface area contributed by atoms with Crippen LogP contribution in [0.25, 0.3) is 5.65 Å². The van der Waals surface area contributed by atoms with Gasteiger partial charge in [0.15, 0.2) is 17.1 Å². The number of phenolic OH excluding ortho intramolecular Hbond substituents is 1. The lowest BCUT2D eigenvalue weighted by Crippen LogP contribution is -2.34. The maximum atomic E-state index is 14.1. The fourth-order valence-electron chi connectivity index (χ4n) is 3.30. The van der Waals surface area contributed by atoms with Crippen LogP contribution in [0.2, 0.25) is 0 Å². The number of carbonyl (C=O) groups is 2. The molecule has 0 spiro atoms. The first kappa shape index (κ1) is 26.5. The Hall–Kier alpha value is -4.09. The second-order valence-electron chi connectivity index (χ2n) is 8.85. The summed E-state index contributed by atoms with van der Waals surface area (Å²) in [5.74, 6) is -1.16. The molecule has 2 heterocycles. The third-order valence-corrected chi connectivity index (χ3v) is 4.77. The number of esters is 1. The van der Waals surface area contributed by atoms with Crippen molar-refractivity contribution >= 4 is 23.5 Å². The SMILES string of the molecule is CCOC(=O)c1cnn2ccc(N[C@H](C)c3cc(F)cc(O)c3OCCNC(=O)OC(C)(C)C)nc12. The number of ether oxygens (including phenoxy) is 3. The highest BCUT2D eigenvalue weighted by Gasteiger charge is 2.20. The second kappa shape index (κ2) is 11.1. The Labute approximate surface area is 207 Å². The number of alkyl carbamates (subject to hydrolysis) is 1. The molecular formula is C24H30FN5O6. The van der Waals surface area contributed by atoms with E-state index in [9.17, 15) is 19.1 Å². The first-order valence-corrected chi connectivity index (χ1v) is 11.4. The van der Waals surface area contributed by atoms with Crippen molar-refractivity contribution in [2.24, 2.45) is 0 Å². The molecule has 194 valence electrons. The molecule has 3 rings (SSSR count). The summed E-state index contributed by atoms with van der Waals surface area (Å²) in [4.78, 5) is 28.4. The highest BCUT2D eigenvalue weighted by atomic mass is 19.1. The Bertz CT molecular complexity index is 1240. The van der Waals surface area contributed by atoms with E-state index in [2.05, 4.69) is 20.7 Å². The fourth-order valence-corrected chi connectivity index (χ4v) is 3.30. The molecule has 0 saturated heterocycles. The summed E-state index contributed by atoms with van der Waals surface area (Å²) in [6.45, 7) is 8.99. The number of nitrogens with zero attached hydrogens (tertiary/aromatic N) is 3. The van der Waals surface area contributed by atoms with E-state index in [-0.39, 0.29) is 42.5 Å². The van der Waals surface area contributed by atoms with Gasteiger partial charge in [-0.15, -0.1) is 0 Å². The summed E-state index contributed by atoms with van der Waals surface area (Å²) in [7, 11) is 0. The van der Waals surface area contributed by atoms with Crippen molar-refractivity contribution in [3.05, 3.63) is 47.5 Å². The number of halogens is 1. The molecule has 0 aliphatic rings. The number of aromatic nitrogens is 3. The number of benzene rings is 1. The van der Waals surface area contributed by atoms with Gasteiger partial charge < -0.3 is 30.0 Å². The molecule has 0 saturated carbocycles. The average Bonchev–Trinajstić information content (AvgIpc) is 3.19. The topological polar surface area (TPSA) is 136 Å². The summed E-state index contributed by atoms with van der Waals surface area (Å²) in [5, 5.41) is 20.1. The van der Waals surface area contributed by atoms with Crippen LogP contribution in [-0.4, -0.2) is 57.1 Å². The van der Waals surface area contributed by atoms with Gasteiger partial charge in [-0.2, -0.15) is 5.10 Å². The lowest BCUT2D eigenvalue weighted by atomic mass is 10.1. The Balaban J connectivity index is 1.74. The van der Waals surface area contributed by atoms with Gasteiger partial charge in [-0.3, -0.25) is 0 Å². The fraction of sp³-hybridized carbons (Fsp3) is 0.417. The molecular weight excluding hydrogens is 473 g/mol. The van der Waals surface area contributed by atoms with Gasteiger partial charge in [-0.25, -0.2) is 23.5 Å². The van der Waals surface area contributed by atoms with Crippen LogP contribution in [0.15, 0.2) is 30.6 Å². The third-order valence-electron chi connectivity index (χ3n) is 4.77. The molecule has 0 aliphatic carbocycles. The van der Waals surface area contributed by atoms with Crippen molar-refractivity contribution in [1.82, 2.24) is 19.9 Å². The maximum absolute atomic E-state index is 14.1. The first-order valence-electron chi connectivity index (χ1n) is 11.4. The Morgan fingerprint density at radius 3 is 2.72 bits per heavy atom. The van der Waals surface area contributed by atoms with E-state index < -0.39 is 29.5 Å². The van der Waals surface area contributed by atoms with Crippen LogP contribution in [0, 0.1) is 5.82 Å². The van der Waals surface area contributed by atoms with E-state index in [0.717, 1.165) is 6.07 Å². The van der Waals surface area contributed by atoms with Crippen molar-refractivity contribution in [3.63, 3.8) is 0 Å². The number of amides is 1. The van der Waals surface area contributed by atoms with Crippen molar-refractivity contribution < 1.29 is 33.3 Å². The summed E-state index contributed by atoms with van der Waals surface area (Å²) in [6, 6.07) is 3.24. The van der Waals surface area contributed by atoms with Crippen LogP contribution in [-0.2, 0) is 9.47 Å². The van der Waals surface area contributed by atoms with Crippen LogP contribution in [0.5, 0.6) is 11.5 Å². The molecule has 0 bridgehead atoms. The number of hydrogen-bond donors (Lipinski definition) is 3. The highest BCUT2D eigenvalue weighted by molar-refractivity contribution is 5.95. The molecule has 1 amide bonds. The summed E-state index contributed by atoms with van der Waals surface area (Å²) >= 11 is 0. The monoisotopic (exact) mass is 503 g/mol. The van der Waals surface area contributed by atoms with Crippen LogP contribution in [0.1, 0.15) is 56.6 Å². The van der Waals surface area contributed by atoms with E-state index >= 15 is 0 Å². The van der Waals surface area contributed by atoms with Gasteiger partial charge in [-0.05, 0) is 46.8 Å². The first-order chi connectivity index (χ1) is 17.0. The summed E-state index contributed by atoms with van der Waals surface area (Å²) in [6.07, 6.45) is 2.38. The number of phenols is 1. The summed E-state index contributed by atoms with van der Waals surface area (Å²) in [5.41, 5.74) is 0.181. The van der Waals surface area contributed by atoms with Crippen molar-refractivity contribution in [1.29, 1.82) is 0 Å². The summed E-state index contributed by atoms with van der Waals surface area (Å²) < 4.78 is 31.5. The van der Waals surface area contributed by atoms with Crippen molar-refractivity contribution in [2.45, 2.75) is 46.3 Å². The molecule has 3 aromatic rings. The third kappa shape index (κ3) is 6.74. The molecule has 0 fully saturated rings. The van der Waals surface area contributed by atoms with Gasteiger partial charge in [-0.1, -0.05) is 0 Å². The van der Waals surface area contributed by atoms with Crippen LogP contribution >= 0.6 is 0 Å². The maximum Gasteiger partial charge on any atom is 0.407 e. The molecule has 0 radical (unpaired) electrons. The predicted molar refractivity (Wildman–Crippen MR) is 129 cm³/mol. The van der Waals surface area contributed by atoms with Gasteiger partial charge in [0.05, 0.1) is 25.4 Å². The number of hydrogen-bond acceptors (Lipinski definition) is 9. The second-order valence-corrected chi connectivity index (χ2v) is 8.85. The highest BCUT2D eigenvalue weighted by Crippen LogP contribution is 2.36. The Morgan fingerprint density at radius 2 is 2.03 bits per heavy atom.